The van der Waals surface area contributed by atoms with Crippen LogP contribution in [0.5, 0.6) is 0 Å². The van der Waals surface area contributed by atoms with Crippen molar-refractivity contribution in [1.82, 2.24) is 15.3 Å². The molecule has 0 unspecified atom stereocenters. The molecule has 1 aromatic rings. The molecule has 0 aliphatic carbocycles. The highest BCUT2D eigenvalue weighted by atomic mass is 32.1. The van der Waals surface area contributed by atoms with Gasteiger partial charge < -0.3 is 16.0 Å². The van der Waals surface area contributed by atoms with E-state index in [0.717, 1.165) is 0 Å². The zero-order chi connectivity index (χ0) is 12.9. The standard InChI is InChI=1S/C11H18N4OS/c1-3-11(4-2,9(12)17)10(16)15-7-8-13-5-6-14-8/h5-6H,3-4,7H2,1-2H3,(H2,12,17)(H,13,14)(H,15,16). The number of rotatable bonds is 6. The van der Waals surface area contributed by atoms with Gasteiger partial charge in [0.1, 0.15) is 5.82 Å². The molecule has 0 aliphatic heterocycles. The molecule has 0 saturated heterocycles. The molecule has 4 N–H and O–H groups in total. The lowest BCUT2D eigenvalue weighted by atomic mass is 9.81. The lowest BCUT2D eigenvalue weighted by molar-refractivity contribution is -0.128. The molecule has 0 saturated carbocycles. The van der Waals surface area contributed by atoms with Crippen LogP contribution in [-0.2, 0) is 11.3 Å². The molecular weight excluding hydrogens is 236 g/mol. The van der Waals surface area contributed by atoms with Gasteiger partial charge in [-0.1, -0.05) is 26.1 Å². The van der Waals surface area contributed by atoms with Crippen LogP contribution in [-0.4, -0.2) is 20.9 Å². The molecule has 0 atom stereocenters. The molecule has 0 aromatic carbocycles. The normalized spacial score (nSPS) is 11.2. The predicted octanol–water partition coefficient (Wildman–Crippen LogP) is 1.12. The van der Waals surface area contributed by atoms with Gasteiger partial charge in [0.15, 0.2) is 0 Å². The van der Waals surface area contributed by atoms with E-state index in [-0.39, 0.29) is 10.9 Å². The van der Waals surface area contributed by atoms with Gasteiger partial charge in [-0.2, -0.15) is 0 Å². The number of carbonyl (C=O) groups is 1. The Kier molecular flexibility index (Phi) is 4.62. The minimum atomic E-state index is -0.748. The van der Waals surface area contributed by atoms with E-state index in [9.17, 15) is 4.79 Å². The van der Waals surface area contributed by atoms with Crippen molar-refractivity contribution in [3.05, 3.63) is 18.2 Å². The molecule has 5 nitrogen and oxygen atoms in total. The molecule has 0 fully saturated rings. The third-order valence-electron chi connectivity index (χ3n) is 3.08. The van der Waals surface area contributed by atoms with Crippen molar-refractivity contribution in [2.45, 2.75) is 33.2 Å². The SMILES string of the molecule is CCC(CC)(C(=O)NCc1ncc[nH]1)C(N)=S. The minimum absolute atomic E-state index is 0.133. The fourth-order valence-electron chi connectivity index (χ4n) is 1.76. The van der Waals surface area contributed by atoms with E-state index >= 15 is 0 Å². The number of hydrogen-bond donors (Lipinski definition) is 3. The number of aromatic nitrogens is 2. The average Bonchev–Trinajstić information content (AvgIpc) is 2.81. The quantitative estimate of drug-likeness (QED) is 0.664. The summed E-state index contributed by atoms with van der Waals surface area (Å²) in [4.78, 5) is 19.3. The van der Waals surface area contributed by atoms with Gasteiger partial charge in [-0.3, -0.25) is 4.79 Å². The largest absolute Gasteiger partial charge is 0.392 e. The van der Waals surface area contributed by atoms with Gasteiger partial charge in [0, 0.05) is 12.4 Å². The molecule has 6 heteroatoms. The number of hydrogen-bond acceptors (Lipinski definition) is 3. The second-order valence-corrected chi connectivity index (χ2v) is 4.31. The van der Waals surface area contributed by atoms with Crippen LogP contribution >= 0.6 is 12.2 Å². The highest BCUT2D eigenvalue weighted by molar-refractivity contribution is 7.80. The topological polar surface area (TPSA) is 83.8 Å². The first-order valence-corrected chi connectivity index (χ1v) is 6.04. The zero-order valence-corrected chi connectivity index (χ0v) is 10.9. The van der Waals surface area contributed by atoms with Crippen molar-refractivity contribution in [2.75, 3.05) is 0 Å². The number of nitrogens with zero attached hydrogens (tertiary/aromatic N) is 1. The molecule has 94 valence electrons. The van der Waals surface area contributed by atoms with Crippen molar-refractivity contribution >= 4 is 23.1 Å². The van der Waals surface area contributed by atoms with E-state index in [1.54, 1.807) is 12.4 Å². The van der Waals surface area contributed by atoms with Crippen LogP contribution < -0.4 is 11.1 Å². The van der Waals surface area contributed by atoms with E-state index in [4.69, 9.17) is 18.0 Å². The summed E-state index contributed by atoms with van der Waals surface area (Å²) in [5.41, 5.74) is 4.94. The van der Waals surface area contributed by atoms with Crippen LogP contribution in [0.2, 0.25) is 0 Å². The molecule has 0 bridgehead atoms. The Morgan fingerprint density at radius 2 is 2.24 bits per heavy atom. The third-order valence-corrected chi connectivity index (χ3v) is 3.48. The van der Waals surface area contributed by atoms with Crippen molar-refractivity contribution in [3.8, 4) is 0 Å². The molecule has 0 spiro atoms. The summed E-state index contributed by atoms with van der Waals surface area (Å²) in [7, 11) is 0. The smallest absolute Gasteiger partial charge is 0.233 e. The molecular formula is C11H18N4OS. The summed E-state index contributed by atoms with van der Waals surface area (Å²) in [6.45, 7) is 4.18. The lowest BCUT2D eigenvalue weighted by Gasteiger charge is -2.28. The minimum Gasteiger partial charge on any atom is -0.392 e. The molecule has 1 rings (SSSR count). The third kappa shape index (κ3) is 2.82. The van der Waals surface area contributed by atoms with Crippen LogP contribution in [0.4, 0.5) is 0 Å². The molecule has 0 aliphatic rings. The number of nitrogens with one attached hydrogen (secondary N) is 2. The van der Waals surface area contributed by atoms with E-state index in [2.05, 4.69) is 15.3 Å². The Balaban J connectivity index is 2.69. The van der Waals surface area contributed by atoms with Gasteiger partial charge in [-0.25, -0.2) is 4.98 Å². The summed E-state index contributed by atoms with van der Waals surface area (Å²) in [6, 6.07) is 0. The zero-order valence-electron chi connectivity index (χ0n) is 10.1. The van der Waals surface area contributed by atoms with E-state index in [1.807, 2.05) is 13.8 Å². The van der Waals surface area contributed by atoms with Gasteiger partial charge in [-0.15, -0.1) is 0 Å². The van der Waals surface area contributed by atoms with Crippen LogP contribution in [0.15, 0.2) is 12.4 Å². The fourth-order valence-corrected chi connectivity index (χ4v) is 2.14. The number of amides is 1. The second kappa shape index (κ2) is 5.77. The summed E-state index contributed by atoms with van der Waals surface area (Å²) in [5.74, 6) is 0.578. The van der Waals surface area contributed by atoms with E-state index in [1.165, 1.54) is 0 Å². The second-order valence-electron chi connectivity index (χ2n) is 3.87. The Bertz CT molecular complexity index is 384. The first kappa shape index (κ1) is 13.6. The van der Waals surface area contributed by atoms with Crippen molar-refractivity contribution < 1.29 is 4.79 Å². The number of H-pyrrole nitrogens is 1. The van der Waals surface area contributed by atoms with Gasteiger partial charge >= 0.3 is 0 Å². The summed E-state index contributed by atoms with van der Waals surface area (Å²) in [5, 5.41) is 2.81. The number of carbonyl (C=O) groups excluding carboxylic acids is 1. The molecule has 1 heterocycles. The van der Waals surface area contributed by atoms with Gasteiger partial charge in [-0.05, 0) is 12.8 Å². The highest BCUT2D eigenvalue weighted by Crippen LogP contribution is 2.27. The average molecular weight is 254 g/mol. The van der Waals surface area contributed by atoms with Gasteiger partial charge in [0.25, 0.3) is 0 Å². The monoisotopic (exact) mass is 254 g/mol. The molecule has 17 heavy (non-hydrogen) atoms. The van der Waals surface area contributed by atoms with Crippen molar-refractivity contribution in [1.29, 1.82) is 0 Å². The van der Waals surface area contributed by atoms with Crippen LogP contribution in [0.25, 0.3) is 0 Å². The molecule has 0 radical (unpaired) electrons. The van der Waals surface area contributed by atoms with Crippen LogP contribution in [0.1, 0.15) is 32.5 Å². The maximum absolute atomic E-state index is 12.1. The lowest BCUT2D eigenvalue weighted by Crippen LogP contribution is -2.48. The van der Waals surface area contributed by atoms with E-state index in [0.29, 0.717) is 25.2 Å². The highest BCUT2D eigenvalue weighted by Gasteiger charge is 2.37. The first-order valence-electron chi connectivity index (χ1n) is 5.63. The summed E-state index contributed by atoms with van der Waals surface area (Å²) >= 11 is 5.01. The number of thiocarbonyl (C=S) groups is 1. The first-order chi connectivity index (χ1) is 8.06. The Morgan fingerprint density at radius 1 is 1.59 bits per heavy atom. The molecule has 1 amide bonds. The fraction of sp³-hybridized carbons (Fsp3) is 0.545. The van der Waals surface area contributed by atoms with Crippen LogP contribution in [0, 0.1) is 5.41 Å². The Hall–Kier alpha value is -1.43. The number of nitrogens with two attached hydrogens (primary N) is 1. The predicted molar refractivity (Wildman–Crippen MR) is 70.2 cm³/mol. The number of aromatic amines is 1. The maximum atomic E-state index is 12.1. The van der Waals surface area contributed by atoms with Crippen LogP contribution in [0.3, 0.4) is 0 Å². The summed E-state index contributed by atoms with van der Waals surface area (Å²) < 4.78 is 0. The Labute approximate surface area is 106 Å². The Morgan fingerprint density at radius 3 is 2.65 bits per heavy atom. The summed E-state index contributed by atoms with van der Waals surface area (Å²) in [6.07, 6.45) is 4.55. The van der Waals surface area contributed by atoms with Gasteiger partial charge in [0.05, 0.1) is 16.9 Å². The van der Waals surface area contributed by atoms with Crippen molar-refractivity contribution in [2.24, 2.45) is 11.1 Å². The number of imidazole rings is 1. The maximum Gasteiger partial charge on any atom is 0.233 e. The van der Waals surface area contributed by atoms with Gasteiger partial charge in [0.2, 0.25) is 5.91 Å². The van der Waals surface area contributed by atoms with E-state index < -0.39 is 5.41 Å². The van der Waals surface area contributed by atoms with Crippen molar-refractivity contribution in [3.63, 3.8) is 0 Å². The molecule has 1 aromatic heterocycles.